The fraction of sp³-hybridized carbons (Fsp3) is 0.333. The Morgan fingerprint density at radius 3 is 1.30 bits per heavy atom. The van der Waals surface area contributed by atoms with Crippen LogP contribution in [0.25, 0.3) is 0 Å². The van der Waals surface area contributed by atoms with Gasteiger partial charge in [-0.1, -0.05) is 0 Å². The molecule has 6 nitrogen and oxygen atoms in total. The van der Waals surface area contributed by atoms with Crippen molar-refractivity contribution >= 4 is 12.1 Å². The van der Waals surface area contributed by atoms with E-state index in [0.717, 1.165) is 6.92 Å². The standard InChI is InChI=1S/C2H4O2.CH2O3.Cs.H3N/c1-2(3)4;2-1(3)4;;/h1H3,(H,3,4);(H2,2,3,4);;1H3/q;;+1;/p-1. The predicted octanol–water partition coefficient (Wildman–Crippen LogP) is -3.86. The van der Waals surface area contributed by atoms with Crippen LogP contribution in [0.15, 0.2) is 0 Å². The van der Waals surface area contributed by atoms with Crippen LogP contribution in [-0.2, 0) is 4.79 Å². The summed E-state index contributed by atoms with van der Waals surface area (Å²) < 4.78 is 0. The fourth-order valence-corrected chi connectivity index (χ4v) is 0. The quantitative estimate of drug-likeness (QED) is 0.413. The zero-order valence-electron chi connectivity index (χ0n) is 5.83. The Balaban J connectivity index is -0.0000000300. The summed E-state index contributed by atoms with van der Waals surface area (Å²) >= 11 is 0. The Morgan fingerprint density at radius 1 is 1.30 bits per heavy atom. The molecule has 5 N–H and O–H groups in total. The Morgan fingerprint density at radius 2 is 1.30 bits per heavy atom. The van der Waals surface area contributed by atoms with Crippen LogP contribution in [0.1, 0.15) is 6.92 Å². The summed E-state index contributed by atoms with van der Waals surface area (Å²) in [5.41, 5.74) is 0. The third kappa shape index (κ3) is 930. The van der Waals surface area contributed by atoms with Crippen molar-refractivity contribution in [1.29, 1.82) is 0 Å². The molecule has 0 atom stereocenters. The number of carboxylic acids is 1. The van der Waals surface area contributed by atoms with Gasteiger partial charge in [-0.15, -0.1) is 0 Å². The minimum Gasteiger partial charge on any atom is -0.565 e. The van der Waals surface area contributed by atoms with E-state index in [2.05, 4.69) is 0 Å². The van der Waals surface area contributed by atoms with Crippen molar-refractivity contribution in [2.45, 2.75) is 6.92 Å². The molecule has 0 bridgehead atoms. The number of carboxylic acid groups (broad SMARTS) is 3. The normalized spacial score (nSPS) is 4.90. The molecule has 56 valence electrons. The molecule has 0 aromatic heterocycles. The molecule has 0 rings (SSSR count). The van der Waals surface area contributed by atoms with Crippen LogP contribution in [0, 0.1) is 0 Å². The van der Waals surface area contributed by atoms with E-state index in [4.69, 9.17) is 24.9 Å². The minimum absolute atomic E-state index is 0. The molecule has 0 aromatic carbocycles. The topological polar surface area (TPSA) is 133 Å². The van der Waals surface area contributed by atoms with Crippen LogP contribution < -0.4 is 80.2 Å². The number of hydrogen-bond donors (Lipinski definition) is 3. The summed E-state index contributed by atoms with van der Waals surface area (Å²) in [6.07, 6.45) is -2.08. The Hall–Kier alpha value is 0.752. The van der Waals surface area contributed by atoms with E-state index in [9.17, 15) is 0 Å². The van der Waals surface area contributed by atoms with Gasteiger partial charge in [0.25, 0.3) is 5.97 Å². The first kappa shape index (κ1) is 22.4. The van der Waals surface area contributed by atoms with Gasteiger partial charge in [0.05, 0.1) is 0 Å². The molecular formula is C3H8CsNO5. The average molecular weight is 271 g/mol. The second-order valence-corrected chi connectivity index (χ2v) is 0.785. The summed E-state index contributed by atoms with van der Waals surface area (Å²) in [4.78, 5) is 17.4. The Labute approximate surface area is 117 Å². The van der Waals surface area contributed by atoms with Crippen molar-refractivity contribution in [3.63, 3.8) is 0 Å². The van der Waals surface area contributed by atoms with Crippen molar-refractivity contribution in [2.24, 2.45) is 0 Å². The molecule has 0 saturated heterocycles. The molecular weight excluding hydrogens is 263 g/mol. The Bertz CT molecular complexity index is 74.9. The van der Waals surface area contributed by atoms with Gasteiger partial charge in [-0.2, -0.15) is 0 Å². The summed E-state index contributed by atoms with van der Waals surface area (Å²) in [5.74, 6) is -0.833. The number of aliphatic carboxylic acids is 1. The van der Waals surface area contributed by atoms with Gasteiger partial charge in [0.2, 0.25) is 6.16 Å². The zero-order valence-corrected chi connectivity index (χ0v) is 12.1. The SMILES string of the molecule is CC(=O)O.N.O=C([O-])O.[Cs+]. The van der Waals surface area contributed by atoms with Gasteiger partial charge in [-0.3, -0.25) is 4.79 Å². The second-order valence-electron chi connectivity index (χ2n) is 0.785. The van der Waals surface area contributed by atoms with E-state index in [0.29, 0.717) is 0 Å². The molecule has 0 spiro atoms. The van der Waals surface area contributed by atoms with Crippen LogP contribution in [0.3, 0.4) is 0 Å². The van der Waals surface area contributed by atoms with Crippen LogP contribution in [0.2, 0.25) is 0 Å². The van der Waals surface area contributed by atoms with E-state index in [1.54, 1.807) is 0 Å². The number of carbonyl (C=O) groups is 2. The molecule has 0 aliphatic heterocycles. The Kier molecular flexibility index (Phi) is 36.7. The fourth-order valence-electron chi connectivity index (χ4n) is 0. The maximum atomic E-state index is 9.00. The van der Waals surface area contributed by atoms with Gasteiger partial charge >= 0.3 is 68.9 Å². The van der Waals surface area contributed by atoms with Crippen molar-refractivity contribution in [3.8, 4) is 0 Å². The molecule has 0 radical (unpaired) electrons. The van der Waals surface area contributed by atoms with Crippen molar-refractivity contribution in [2.75, 3.05) is 0 Å². The largest absolute Gasteiger partial charge is 1.00 e. The third-order valence-corrected chi connectivity index (χ3v) is 0. The summed E-state index contributed by atoms with van der Waals surface area (Å²) in [5, 5.41) is 22.7. The van der Waals surface area contributed by atoms with Crippen molar-refractivity contribution in [1.82, 2.24) is 6.15 Å². The van der Waals surface area contributed by atoms with Crippen LogP contribution in [-0.4, -0.2) is 22.3 Å². The molecule has 0 aliphatic rings. The maximum absolute atomic E-state index is 9.00. The summed E-state index contributed by atoms with van der Waals surface area (Å²) in [6.45, 7) is 1.08. The predicted molar refractivity (Wildman–Crippen MR) is 26.4 cm³/mol. The summed E-state index contributed by atoms with van der Waals surface area (Å²) in [6, 6.07) is 0. The van der Waals surface area contributed by atoms with Gasteiger partial charge in [-0.05, 0) is 0 Å². The molecule has 0 amide bonds. The smallest absolute Gasteiger partial charge is 0.565 e. The van der Waals surface area contributed by atoms with E-state index < -0.39 is 12.1 Å². The van der Waals surface area contributed by atoms with Crippen LogP contribution >= 0.6 is 0 Å². The van der Waals surface area contributed by atoms with Crippen molar-refractivity contribution < 1.29 is 93.8 Å². The first-order valence-electron chi connectivity index (χ1n) is 1.56. The second kappa shape index (κ2) is 16.4. The molecule has 0 aliphatic carbocycles. The molecule has 0 aromatic rings. The zero-order chi connectivity index (χ0) is 7.15. The van der Waals surface area contributed by atoms with E-state index in [-0.39, 0.29) is 75.0 Å². The van der Waals surface area contributed by atoms with Gasteiger partial charge in [0.15, 0.2) is 0 Å². The summed E-state index contributed by atoms with van der Waals surface area (Å²) in [7, 11) is 0. The first-order chi connectivity index (χ1) is 3.46. The number of rotatable bonds is 0. The molecule has 0 saturated carbocycles. The van der Waals surface area contributed by atoms with Gasteiger partial charge < -0.3 is 26.3 Å². The van der Waals surface area contributed by atoms with Crippen LogP contribution in [0.5, 0.6) is 0 Å². The van der Waals surface area contributed by atoms with Gasteiger partial charge in [0, 0.05) is 6.92 Å². The van der Waals surface area contributed by atoms with Gasteiger partial charge in [0.1, 0.15) is 0 Å². The van der Waals surface area contributed by atoms with Crippen LogP contribution in [0.4, 0.5) is 4.79 Å². The molecule has 0 heterocycles. The number of hydrogen-bond acceptors (Lipinski definition) is 4. The van der Waals surface area contributed by atoms with E-state index in [1.807, 2.05) is 0 Å². The monoisotopic (exact) mass is 271 g/mol. The van der Waals surface area contributed by atoms with Gasteiger partial charge in [-0.25, -0.2) is 0 Å². The molecule has 7 heteroatoms. The first-order valence-corrected chi connectivity index (χ1v) is 1.56. The van der Waals surface area contributed by atoms with E-state index in [1.165, 1.54) is 0 Å². The third-order valence-electron chi connectivity index (χ3n) is 0. The minimum atomic E-state index is -2.08. The van der Waals surface area contributed by atoms with Crippen molar-refractivity contribution in [3.05, 3.63) is 0 Å². The molecule has 10 heavy (non-hydrogen) atoms. The van der Waals surface area contributed by atoms with E-state index >= 15 is 0 Å². The molecule has 0 unspecified atom stereocenters. The molecule has 0 fully saturated rings. The maximum Gasteiger partial charge on any atom is 1.00 e. The average Bonchev–Trinajstić information content (AvgIpc) is 1.25.